The van der Waals surface area contributed by atoms with E-state index >= 15 is 0 Å². The fourth-order valence-corrected chi connectivity index (χ4v) is 3.23. The molecule has 3 aromatic rings. The largest absolute Gasteiger partial charge is 0.343 e. The Morgan fingerprint density at radius 3 is 1.55 bits per heavy atom. The van der Waals surface area contributed by atoms with Crippen molar-refractivity contribution < 1.29 is 9.59 Å². The van der Waals surface area contributed by atoms with Gasteiger partial charge in [-0.3, -0.25) is 9.59 Å². The number of rotatable bonds is 7. The number of hydrogen-bond donors (Lipinski definition) is 2. The summed E-state index contributed by atoms with van der Waals surface area (Å²) in [5.74, 6) is -0.521. The lowest BCUT2D eigenvalue weighted by atomic mass is 9.96. The number of nitrogens with one attached hydrogen (secondary N) is 2. The van der Waals surface area contributed by atoms with E-state index in [0.29, 0.717) is 5.56 Å². The van der Waals surface area contributed by atoms with Crippen LogP contribution in [0.1, 0.15) is 41.4 Å². The molecule has 0 spiro atoms. The minimum Gasteiger partial charge on any atom is -0.343 e. The molecule has 0 heterocycles. The molecule has 0 fully saturated rings. The van der Waals surface area contributed by atoms with E-state index in [1.54, 1.807) is 24.3 Å². The summed E-state index contributed by atoms with van der Waals surface area (Å²) in [6, 6.07) is 27.7. The first-order valence-corrected chi connectivity index (χ1v) is 9.82. The smallest absolute Gasteiger partial charge is 0.251 e. The molecule has 0 bridgehead atoms. The molecule has 3 aromatic carbocycles. The zero-order valence-electron chi connectivity index (χ0n) is 16.7. The van der Waals surface area contributed by atoms with Crippen LogP contribution in [0, 0.1) is 5.92 Å². The van der Waals surface area contributed by atoms with Crippen LogP contribution >= 0.6 is 0 Å². The molecule has 0 unspecified atom stereocenters. The second kappa shape index (κ2) is 9.69. The first-order valence-electron chi connectivity index (χ1n) is 9.82. The van der Waals surface area contributed by atoms with E-state index in [9.17, 15) is 9.59 Å². The monoisotopic (exact) mass is 386 g/mol. The maximum atomic E-state index is 13.2. The van der Waals surface area contributed by atoms with E-state index in [1.165, 1.54) is 0 Å². The molecule has 0 aliphatic heterocycles. The van der Waals surface area contributed by atoms with Crippen LogP contribution in [0.3, 0.4) is 0 Å². The van der Waals surface area contributed by atoms with Crippen molar-refractivity contribution in [2.75, 3.05) is 0 Å². The van der Waals surface area contributed by atoms with Gasteiger partial charge in [-0.2, -0.15) is 0 Å². The van der Waals surface area contributed by atoms with Gasteiger partial charge in [0.05, 0.1) is 6.04 Å². The van der Waals surface area contributed by atoms with E-state index in [0.717, 1.165) is 11.1 Å². The zero-order chi connectivity index (χ0) is 20.6. The fraction of sp³-hybridized carbons (Fsp3) is 0.200. The quantitative estimate of drug-likeness (QED) is 0.634. The molecular weight excluding hydrogens is 360 g/mol. The normalized spacial score (nSPS) is 11.9. The lowest BCUT2D eigenvalue weighted by Crippen LogP contribution is -2.50. The maximum Gasteiger partial charge on any atom is 0.251 e. The van der Waals surface area contributed by atoms with Crippen LogP contribution in [0.5, 0.6) is 0 Å². The minimum atomic E-state index is -0.641. The fourth-order valence-electron chi connectivity index (χ4n) is 3.23. The van der Waals surface area contributed by atoms with E-state index in [-0.39, 0.29) is 23.8 Å². The Hall–Kier alpha value is -3.40. The Morgan fingerprint density at radius 2 is 1.10 bits per heavy atom. The van der Waals surface area contributed by atoms with Gasteiger partial charge >= 0.3 is 0 Å². The van der Waals surface area contributed by atoms with Crippen molar-refractivity contribution in [1.82, 2.24) is 10.6 Å². The van der Waals surface area contributed by atoms with Gasteiger partial charge < -0.3 is 10.6 Å². The number of carbonyl (C=O) groups is 2. The van der Waals surface area contributed by atoms with E-state index < -0.39 is 6.04 Å². The highest BCUT2D eigenvalue weighted by Crippen LogP contribution is 2.22. The third kappa shape index (κ3) is 5.32. The summed E-state index contributed by atoms with van der Waals surface area (Å²) >= 11 is 0. The topological polar surface area (TPSA) is 58.2 Å². The van der Waals surface area contributed by atoms with Crippen LogP contribution < -0.4 is 10.6 Å². The van der Waals surface area contributed by atoms with Crippen molar-refractivity contribution in [3.63, 3.8) is 0 Å². The van der Waals surface area contributed by atoms with Crippen LogP contribution in [-0.2, 0) is 4.79 Å². The van der Waals surface area contributed by atoms with Crippen molar-refractivity contribution in [2.24, 2.45) is 5.92 Å². The van der Waals surface area contributed by atoms with Gasteiger partial charge in [0.1, 0.15) is 6.04 Å². The summed E-state index contributed by atoms with van der Waals surface area (Å²) in [4.78, 5) is 25.8. The van der Waals surface area contributed by atoms with Crippen LogP contribution in [0.15, 0.2) is 91.0 Å². The number of carbonyl (C=O) groups excluding carboxylic acids is 2. The molecule has 2 N–H and O–H groups in total. The third-order valence-corrected chi connectivity index (χ3v) is 4.82. The zero-order valence-corrected chi connectivity index (χ0v) is 16.7. The Bertz CT molecular complexity index is 885. The molecule has 148 valence electrons. The lowest BCUT2D eigenvalue weighted by Gasteiger charge is -2.26. The second-order valence-corrected chi connectivity index (χ2v) is 7.32. The summed E-state index contributed by atoms with van der Waals surface area (Å²) in [6.45, 7) is 3.85. The van der Waals surface area contributed by atoms with Crippen molar-refractivity contribution in [3.05, 3.63) is 108 Å². The minimum absolute atomic E-state index is 0.0603. The standard InChI is InChI=1S/C25H26N2O2/c1-18(2)22(26-24(28)21-16-10-5-11-17-21)25(29)27-23(19-12-6-3-7-13-19)20-14-8-4-9-15-20/h3-18,22-23H,1-2H3,(H,26,28)(H,27,29)/t22-/m1/s1. The Kier molecular flexibility index (Phi) is 6.80. The van der Waals surface area contributed by atoms with E-state index in [1.807, 2.05) is 80.6 Å². The highest BCUT2D eigenvalue weighted by molar-refractivity contribution is 5.97. The first kappa shape index (κ1) is 20.3. The average Bonchev–Trinajstić information content (AvgIpc) is 2.77. The van der Waals surface area contributed by atoms with Crippen molar-refractivity contribution in [3.8, 4) is 0 Å². The third-order valence-electron chi connectivity index (χ3n) is 4.82. The number of hydrogen-bond acceptors (Lipinski definition) is 2. The van der Waals surface area contributed by atoms with Gasteiger partial charge in [-0.25, -0.2) is 0 Å². The second-order valence-electron chi connectivity index (χ2n) is 7.32. The summed E-state index contributed by atoms with van der Waals surface area (Å²) < 4.78 is 0. The van der Waals surface area contributed by atoms with Crippen molar-refractivity contribution >= 4 is 11.8 Å². The molecule has 4 heteroatoms. The number of benzene rings is 3. The van der Waals surface area contributed by atoms with Gasteiger partial charge in [-0.1, -0.05) is 92.7 Å². The number of amides is 2. The Labute approximate surface area is 172 Å². The molecule has 0 saturated heterocycles. The van der Waals surface area contributed by atoms with E-state index in [4.69, 9.17) is 0 Å². The molecule has 0 radical (unpaired) electrons. The van der Waals surface area contributed by atoms with Gasteiger partial charge in [0.2, 0.25) is 5.91 Å². The summed E-state index contributed by atoms with van der Waals surface area (Å²) in [6.07, 6.45) is 0. The van der Waals surface area contributed by atoms with E-state index in [2.05, 4.69) is 10.6 Å². The first-order chi connectivity index (χ1) is 14.1. The highest BCUT2D eigenvalue weighted by atomic mass is 16.2. The van der Waals surface area contributed by atoms with Crippen molar-refractivity contribution in [1.29, 1.82) is 0 Å². The van der Waals surface area contributed by atoms with Gasteiger partial charge in [-0.05, 0) is 29.2 Å². The summed E-state index contributed by atoms with van der Waals surface area (Å²) in [5, 5.41) is 6.02. The summed E-state index contributed by atoms with van der Waals surface area (Å²) in [5.41, 5.74) is 2.52. The Morgan fingerprint density at radius 1 is 0.655 bits per heavy atom. The molecule has 29 heavy (non-hydrogen) atoms. The highest BCUT2D eigenvalue weighted by Gasteiger charge is 2.27. The SMILES string of the molecule is CC(C)[C@@H](NC(=O)c1ccccc1)C(=O)NC(c1ccccc1)c1ccccc1. The Balaban J connectivity index is 1.82. The predicted octanol–water partition coefficient (Wildman–Crippen LogP) is 4.35. The van der Waals surface area contributed by atoms with Gasteiger partial charge in [0.15, 0.2) is 0 Å². The van der Waals surface area contributed by atoms with Crippen LogP contribution in [-0.4, -0.2) is 17.9 Å². The van der Waals surface area contributed by atoms with Gasteiger partial charge in [0.25, 0.3) is 5.91 Å². The predicted molar refractivity (Wildman–Crippen MR) is 115 cm³/mol. The van der Waals surface area contributed by atoms with Gasteiger partial charge in [-0.15, -0.1) is 0 Å². The molecule has 2 amide bonds. The molecule has 3 rings (SSSR count). The summed E-state index contributed by atoms with van der Waals surface area (Å²) in [7, 11) is 0. The molecule has 0 aromatic heterocycles. The maximum absolute atomic E-state index is 13.2. The average molecular weight is 386 g/mol. The van der Waals surface area contributed by atoms with Gasteiger partial charge in [0, 0.05) is 5.56 Å². The molecule has 4 nitrogen and oxygen atoms in total. The lowest BCUT2D eigenvalue weighted by molar-refractivity contribution is -0.124. The molecule has 0 saturated carbocycles. The molecule has 1 atom stereocenters. The van der Waals surface area contributed by atoms with Crippen molar-refractivity contribution in [2.45, 2.75) is 25.9 Å². The molecule has 0 aliphatic carbocycles. The molecular formula is C25H26N2O2. The molecule has 0 aliphatic rings. The van der Waals surface area contributed by atoms with Crippen LogP contribution in [0.25, 0.3) is 0 Å². The van der Waals surface area contributed by atoms with Crippen LogP contribution in [0.4, 0.5) is 0 Å². The van der Waals surface area contributed by atoms with Crippen LogP contribution in [0.2, 0.25) is 0 Å².